The molecule has 2 N–H and O–H groups in total. The quantitative estimate of drug-likeness (QED) is 0.740. The molecule has 0 unspecified atom stereocenters. The van der Waals surface area contributed by atoms with E-state index in [1.807, 2.05) is 0 Å². The maximum absolute atomic E-state index is 11.4. The zero-order chi connectivity index (χ0) is 14.1. The summed E-state index contributed by atoms with van der Waals surface area (Å²) < 4.78 is 5.33. The van der Waals surface area contributed by atoms with Gasteiger partial charge < -0.3 is 15.4 Å². The molecule has 0 fully saturated rings. The van der Waals surface area contributed by atoms with Gasteiger partial charge in [-0.25, -0.2) is 0 Å². The van der Waals surface area contributed by atoms with E-state index in [2.05, 4.69) is 17.6 Å². The van der Waals surface area contributed by atoms with E-state index in [1.165, 1.54) is 6.92 Å². The maximum atomic E-state index is 11.4. The third-order valence-electron chi connectivity index (χ3n) is 2.40. The van der Waals surface area contributed by atoms with Crippen molar-refractivity contribution in [3.05, 3.63) is 24.3 Å². The number of carbonyl (C=O) groups is 2. The Hall–Kier alpha value is -2.04. The number of hydrogen-bond acceptors (Lipinski definition) is 3. The summed E-state index contributed by atoms with van der Waals surface area (Å²) >= 11 is 0. The Kier molecular flexibility index (Phi) is 6.43. The molecule has 0 saturated heterocycles. The summed E-state index contributed by atoms with van der Waals surface area (Å²) in [7, 11) is 0. The summed E-state index contributed by atoms with van der Waals surface area (Å²) in [5.41, 5.74) is 0.701. The molecule has 104 valence electrons. The molecule has 1 aromatic carbocycles. The maximum Gasteiger partial charge on any atom is 0.257 e. The van der Waals surface area contributed by atoms with Crippen LogP contribution >= 0.6 is 0 Å². The molecule has 0 spiro atoms. The van der Waals surface area contributed by atoms with Crippen molar-refractivity contribution in [2.45, 2.75) is 26.7 Å². The molecule has 0 aromatic heterocycles. The number of anilines is 1. The number of ether oxygens (including phenoxy) is 1. The lowest BCUT2D eigenvalue weighted by Crippen LogP contribution is -2.29. The summed E-state index contributed by atoms with van der Waals surface area (Å²) in [6, 6.07) is 6.88. The number of nitrogens with one attached hydrogen (secondary N) is 2. The Morgan fingerprint density at radius 1 is 1.21 bits per heavy atom. The van der Waals surface area contributed by atoms with Crippen LogP contribution in [0.1, 0.15) is 26.7 Å². The Morgan fingerprint density at radius 2 is 1.89 bits per heavy atom. The molecule has 1 rings (SSSR count). The third-order valence-corrected chi connectivity index (χ3v) is 2.40. The van der Waals surface area contributed by atoms with Gasteiger partial charge in [0.1, 0.15) is 5.75 Å². The van der Waals surface area contributed by atoms with Gasteiger partial charge in [0.2, 0.25) is 5.91 Å². The highest BCUT2D eigenvalue weighted by Gasteiger charge is 2.02. The van der Waals surface area contributed by atoms with Gasteiger partial charge in [-0.3, -0.25) is 9.59 Å². The van der Waals surface area contributed by atoms with E-state index in [-0.39, 0.29) is 18.4 Å². The molecule has 0 heterocycles. The molecule has 19 heavy (non-hydrogen) atoms. The van der Waals surface area contributed by atoms with E-state index in [4.69, 9.17) is 4.74 Å². The SMILES string of the molecule is CCCCNC(=O)COc1ccc(NC(C)=O)cc1. The summed E-state index contributed by atoms with van der Waals surface area (Å²) in [5, 5.41) is 5.43. The van der Waals surface area contributed by atoms with Gasteiger partial charge in [0, 0.05) is 19.2 Å². The number of carbonyl (C=O) groups excluding carboxylic acids is 2. The standard InChI is InChI=1S/C14H20N2O3/c1-3-4-9-15-14(18)10-19-13-7-5-12(6-8-13)16-11(2)17/h5-8H,3-4,9-10H2,1-2H3,(H,15,18)(H,16,17). The molecule has 0 atom stereocenters. The van der Waals surface area contributed by atoms with Crippen LogP contribution in [0.4, 0.5) is 5.69 Å². The molecule has 2 amide bonds. The van der Waals surface area contributed by atoms with Crippen LogP contribution in [0.5, 0.6) is 5.75 Å². The number of unbranched alkanes of at least 4 members (excludes halogenated alkanes) is 1. The Morgan fingerprint density at radius 3 is 2.47 bits per heavy atom. The predicted molar refractivity (Wildman–Crippen MR) is 74.2 cm³/mol. The van der Waals surface area contributed by atoms with E-state index in [9.17, 15) is 9.59 Å². The molecule has 5 nitrogen and oxygen atoms in total. The molecule has 0 radical (unpaired) electrons. The molecule has 1 aromatic rings. The van der Waals surface area contributed by atoms with E-state index >= 15 is 0 Å². The van der Waals surface area contributed by atoms with Crippen molar-refractivity contribution >= 4 is 17.5 Å². The van der Waals surface area contributed by atoms with Crippen molar-refractivity contribution in [1.29, 1.82) is 0 Å². The fourth-order valence-corrected chi connectivity index (χ4v) is 1.44. The largest absolute Gasteiger partial charge is 0.484 e. The average Bonchev–Trinajstić information content (AvgIpc) is 2.37. The molecule has 0 aliphatic carbocycles. The van der Waals surface area contributed by atoms with Crippen molar-refractivity contribution in [2.24, 2.45) is 0 Å². The minimum atomic E-state index is -0.126. The molecular formula is C14H20N2O3. The Balaban J connectivity index is 2.33. The normalized spacial score (nSPS) is 9.79. The zero-order valence-corrected chi connectivity index (χ0v) is 11.4. The van der Waals surface area contributed by atoms with Crippen LogP contribution in [0.3, 0.4) is 0 Å². The third kappa shape index (κ3) is 6.45. The van der Waals surface area contributed by atoms with E-state index in [0.717, 1.165) is 12.8 Å². The fourth-order valence-electron chi connectivity index (χ4n) is 1.44. The highest BCUT2D eigenvalue weighted by atomic mass is 16.5. The lowest BCUT2D eigenvalue weighted by molar-refractivity contribution is -0.123. The van der Waals surface area contributed by atoms with Crippen LogP contribution < -0.4 is 15.4 Å². The number of amides is 2. The van der Waals surface area contributed by atoms with Gasteiger partial charge in [0.15, 0.2) is 6.61 Å². The van der Waals surface area contributed by atoms with Crippen LogP contribution in [-0.2, 0) is 9.59 Å². The summed E-state index contributed by atoms with van der Waals surface area (Å²) in [6.45, 7) is 4.20. The lowest BCUT2D eigenvalue weighted by atomic mass is 10.3. The van der Waals surface area contributed by atoms with Crippen LogP contribution in [0, 0.1) is 0 Å². The molecule has 0 bridgehead atoms. The first-order valence-electron chi connectivity index (χ1n) is 6.39. The predicted octanol–water partition coefficient (Wildman–Crippen LogP) is 1.94. The number of benzene rings is 1. The van der Waals surface area contributed by atoms with Gasteiger partial charge in [0.05, 0.1) is 0 Å². The van der Waals surface area contributed by atoms with Crippen LogP contribution in [0.2, 0.25) is 0 Å². The first-order valence-corrected chi connectivity index (χ1v) is 6.39. The van der Waals surface area contributed by atoms with Crippen molar-refractivity contribution in [3.8, 4) is 5.75 Å². The lowest BCUT2D eigenvalue weighted by Gasteiger charge is -2.08. The molecule has 0 saturated carbocycles. The topological polar surface area (TPSA) is 67.4 Å². The van der Waals surface area contributed by atoms with Gasteiger partial charge in [-0.05, 0) is 30.7 Å². The van der Waals surface area contributed by atoms with Gasteiger partial charge in [-0.1, -0.05) is 13.3 Å². The van der Waals surface area contributed by atoms with Crippen LogP contribution in [0.15, 0.2) is 24.3 Å². The second kappa shape index (κ2) is 8.13. The highest BCUT2D eigenvalue weighted by molar-refractivity contribution is 5.88. The smallest absolute Gasteiger partial charge is 0.257 e. The minimum Gasteiger partial charge on any atom is -0.484 e. The van der Waals surface area contributed by atoms with Crippen molar-refractivity contribution in [2.75, 3.05) is 18.5 Å². The van der Waals surface area contributed by atoms with E-state index < -0.39 is 0 Å². The average molecular weight is 264 g/mol. The van der Waals surface area contributed by atoms with Crippen molar-refractivity contribution in [1.82, 2.24) is 5.32 Å². The summed E-state index contributed by atoms with van der Waals surface area (Å²) in [6.07, 6.45) is 2.02. The van der Waals surface area contributed by atoms with Crippen molar-refractivity contribution in [3.63, 3.8) is 0 Å². The molecule has 5 heteroatoms. The van der Waals surface area contributed by atoms with Crippen LogP contribution in [-0.4, -0.2) is 25.0 Å². The Labute approximate surface area is 113 Å². The molecule has 0 aliphatic heterocycles. The van der Waals surface area contributed by atoms with Crippen LogP contribution in [0.25, 0.3) is 0 Å². The van der Waals surface area contributed by atoms with Gasteiger partial charge in [-0.2, -0.15) is 0 Å². The first-order chi connectivity index (χ1) is 9.11. The van der Waals surface area contributed by atoms with Gasteiger partial charge in [-0.15, -0.1) is 0 Å². The summed E-state index contributed by atoms with van der Waals surface area (Å²) in [4.78, 5) is 22.3. The summed E-state index contributed by atoms with van der Waals surface area (Å²) in [5.74, 6) is 0.350. The molecule has 0 aliphatic rings. The number of hydrogen-bond donors (Lipinski definition) is 2. The van der Waals surface area contributed by atoms with Crippen molar-refractivity contribution < 1.29 is 14.3 Å². The van der Waals surface area contributed by atoms with Gasteiger partial charge in [0.25, 0.3) is 5.91 Å². The monoisotopic (exact) mass is 264 g/mol. The second-order valence-electron chi connectivity index (χ2n) is 4.20. The second-order valence-corrected chi connectivity index (χ2v) is 4.20. The first kappa shape index (κ1) is 15.0. The highest BCUT2D eigenvalue weighted by Crippen LogP contribution is 2.15. The van der Waals surface area contributed by atoms with Gasteiger partial charge >= 0.3 is 0 Å². The van der Waals surface area contributed by atoms with E-state index in [1.54, 1.807) is 24.3 Å². The fraction of sp³-hybridized carbons (Fsp3) is 0.429. The minimum absolute atomic E-state index is 0.00317. The van der Waals surface area contributed by atoms with E-state index in [0.29, 0.717) is 18.0 Å². The molecular weight excluding hydrogens is 244 g/mol. The zero-order valence-electron chi connectivity index (χ0n) is 11.4. The Bertz CT molecular complexity index is 415. The number of rotatable bonds is 7.